The number of amides is 1. The molecule has 31 heavy (non-hydrogen) atoms. The molecule has 2 saturated heterocycles. The van der Waals surface area contributed by atoms with Gasteiger partial charge in [-0.3, -0.25) is 4.79 Å². The topological polar surface area (TPSA) is 104 Å². The number of aliphatic carboxylic acids is 1. The maximum absolute atomic E-state index is 13.4. The number of piperidine rings is 2. The summed E-state index contributed by atoms with van der Waals surface area (Å²) in [4.78, 5) is 25.3. The number of rotatable bonds is 7. The average Bonchev–Trinajstić information content (AvgIpc) is 2.80. The smallest absolute Gasteiger partial charge is 0.326 e. The quantitative estimate of drug-likeness (QED) is 0.685. The number of nitrogens with one attached hydrogen (secondary N) is 1. The summed E-state index contributed by atoms with van der Waals surface area (Å²) in [5.74, 6) is -1.79. The third-order valence-corrected chi connectivity index (χ3v) is 8.25. The molecular weight excluding hydrogens is 416 g/mol. The van der Waals surface area contributed by atoms with Crippen LogP contribution in [-0.2, 0) is 26.0 Å². The summed E-state index contributed by atoms with van der Waals surface area (Å²) < 4.78 is 28.2. The highest BCUT2D eigenvalue weighted by Crippen LogP contribution is 2.42. The second-order valence-electron chi connectivity index (χ2n) is 8.25. The third-order valence-electron chi connectivity index (χ3n) is 6.31. The molecule has 1 aliphatic carbocycles. The number of nitrogens with zero attached hydrogens (tertiary/aromatic N) is 1. The molecule has 164 valence electrons. The molecule has 2 N–H and O–H groups in total. The fraction of sp³-hybridized carbons (Fsp3) is 0.391. The van der Waals surface area contributed by atoms with Crippen LogP contribution in [0.4, 0.5) is 0 Å². The molecule has 2 aromatic carbocycles. The van der Waals surface area contributed by atoms with Gasteiger partial charge in [0.1, 0.15) is 12.1 Å². The predicted octanol–water partition coefficient (Wildman–Crippen LogP) is 2.43. The largest absolute Gasteiger partial charge is 0.480 e. The Bertz CT molecular complexity index is 1030. The summed E-state index contributed by atoms with van der Waals surface area (Å²) in [7, 11) is -3.88. The van der Waals surface area contributed by atoms with Crippen molar-refractivity contribution >= 4 is 21.9 Å². The van der Waals surface area contributed by atoms with Gasteiger partial charge in [-0.1, -0.05) is 48.5 Å². The number of benzene rings is 2. The van der Waals surface area contributed by atoms with Gasteiger partial charge in [-0.15, -0.1) is 0 Å². The number of carboxylic acid groups (broad SMARTS) is 1. The molecule has 2 atom stereocenters. The predicted molar refractivity (Wildman–Crippen MR) is 115 cm³/mol. The highest BCUT2D eigenvalue weighted by atomic mass is 32.2. The molecule has 3 aliphatic rings. The van der Waals surface area contributed by atoms with Crippen LogP contribution in [0.3, 0.4) is 0 Å². The number of sulfonamides is 1. The number of hydrogen-bond donors (Lipinski definition) is 2. The van der Waals surface area contributed by atoms with Gasteiger partial charge in [0.2, 0.25) is 15.9 Å². The molecule has 2 bridgehead atoms. The Morgan fingerprint density at radius 2 is 1.55 bits per heavy atom. The van der Waals surface area contributed by atoms with Crippen LogP contribution in [0.15, 0.2) is 65.6 Å². The SMILES string of the molecule is O=C(O)[C@H](Cc1ccccc1)NC(=O)[C@@H]1C2CCC(CC2)N1S(=O)(=O)c1ccccc1. The Labute approximate surface area is 182 Å². The minimum Gasteiger partial charge on any atom is -0.480 e. The van der Waals surface area contributed by atoms with Gasteiger partial charge in [0, 0.05) is 12.5 Å². The van der Waals surface area contributed by atoms with E-state index in [0.29, 0.717) is 12.8 Å². The average molecular weight is 443 g/mol. The number of carboxylic acids is 1. The summed E-state index contributed by atoms with van der Waals surface area (Å²) >= 11 is 0. The van der Waals surface area contributed by atoms with Gasteiger partial charge in [-0.2, -0.15) is 4.31 Å². The molecular formula is C23H26N2O5S. The Morgan fingerprint density at radius 3 is 2.13 bits per heavy atom. The number of carbonyl (C=O) groups is 2. The van der Waals surface area contributed by atoms with E-state index in [-0.39, 0.29) is 23.3 Å². The van der Waals surface area contributed by atoms with E-state index in [1.54, 1.807) is 30.3 Å². The fourth-order valence-electron chi connectivity index (χ4n) is 4.80. The fourth-order valence-corrected chi connectivity index (χ4v) is 6.72. The van der Waals surface area contributed by atoms with E-state index in [1.807, 2.05) is 18.2 Å². The first-order valence-corrected chi connectivity index (χ1v) is 12.0. The molecule has 8 heteroatoms. The van der Waals surface area contributed by atoms with E-state index < -0.39 is 34.0 Å². The normalized spacial score (nSPS) is 24.5. The zero-order valence-electron chi connectivity index (χ0n) is 17.1. The van der Waals surface area contributed by atoms with Gasteiger partial charge in [-0.05, 0) is 49.3 Å². The molecule has 0 aromatic heterocycles. The maximum atomic E-state index is 13.4. The lowest BCUT2D eigenvalue weighted by Gasteiger charge is -2.49. The Morgan fingerprint density at radius 1 is 0.968 bits per heavy atom. The highest BCUT2D eigenvalue weighted by Gasteiger charge is 2.51. The van der Waals surface area contributed by atoms with Crippen molar-refractivity contribution in [2.24, 2.45) is 5.92 Å². The molecule has 2 aromatic rings. The van der Waals surface area contributed by atoms with Gasteiger partial charge >= 0.3 is 5.97 Å². The molecule has 1 amide bonds. The summed E-state index contributed by atoms with van der Waals surface area (Å²) in [6.45, 7) is 0. The van der Waals surface area contributed by atoms with Crippen molar-refractivity contribution in [3.63, 3.8) is 0 Å². The minimum atomic E-state index is -3.88. The second kappa shape index (κ2) is 8.80. The molecule has 2 heterocycles. The van der Waals surface area contributed by atoms with Crippen LogP contribution in [0.5, 0.6) is 0 Å². The van der Waals surface area contributed by atoms with Crippen LogP contribution in [0, 0.1) is 5.92 Å². The van der Waals surface area contributed by atoms with Crippen molar-refractivity contribution in [2.45, 2.75) is 55.1 Å². The Kier molecular flexibility index (Phi) is 6.11. The molecule has 1 saturated carbocycles. The van der Waals surface area contributed by atoms with E-state index >= 15 is 0 Å². The first-order valence-electron chi connectivity index (χ1n) is 10.5. The molecule has 3 fully saturated rings. The van der Waals surface area contributed by atoms with Crippen molar-refractivity contribution in [1.29, 1.82) is 0 Å². The van der Waals surface area contributed by atoms with Crippen LogP contribution in [0.1, 0.15) is 31.2 Å². The number of fused-ring (bicyclic) bond motifs is 3. The molecule has 0 unspecified atom stereocenters. The van der Waals surface area contributed by atoms with Crippen molar-refractivity contribution in [3.05, 3.63) is 66.2 Å². The summed E-state index contributed by atoms with van der Waals surface area (Å²) in [6, 6.07) is 14.9. The second-order valence-corrected chi connectivity index (χ2v) is 10.1. The van der Waals surface area contributed by atoms with Crippen molar-refractivity contribution in [3.8, 4) is 0 Å². The van der Waals surface area contributed by atoms with Gasteiger partial charge in [0.05, 0.1) is 4.90 Å². The minimum absolute atomic E-state index is 0.116. The summed E-state index contributed by atoms with van der Waals surface area (Å²) in [5, 5.41) is 12.3. The van der Waals surface area contributed by atoms with Gasteiger partial charge in [0.25, 0.3) is 0 Å². The summed E-state index contributed by atoms with van der Waals surface area (Å²) in [5.41, 5.74) is 0.786. The molecule has 5 rings (SSSR count). The lowest BCUT2D eigenvalue weighted by Crippen LogP contribution is -2.63. The first kappa shape index (κ1) is 21.5. The summed E-state index contributed by atoms with van der Waals surface area (Å²) in [6.07, 6.45) is 3.09. The van der Waals surface area contributed by atoms with Gasteiger partial charge in [0.15, 0.2) is 0 Å². The van der Waals surface area contributed by atoms with Crippen molar-refractivity contribution in [1.82, 2.24) is 9.62 Å². The van der Waals surface area contributed by atoms with E-state index in [9.17, 15) is 23.1 Å². The van der Waals surface area contributed by atoms with E-state index in [4.69, 9.17) is 0 Å². The number of carbonyl (C=O) groups excluding carboxylic acids is 1. The first-order chi connectivity index (χ1) is 14.9. The standard InChI is InChI=1S/C23H26N2O5S/c26-22(24-20(23(27)28)15-16-7-3-1-4-8-16)21-17-11-13-18(14-12-17)25(21)31(29,30)19-9-5-2-6-10-19/h1-10,17-18,20-21H,11-15H2,(H,24,26)(H,27,28)/t17?,18?,20-,21-/m0/s1. The Balaban J connectivity index is 1.61. The van der Waals surface area contributed by atoms with Gasteiger partial charge in [-0.25, -0.2) is 13.2 Å². The van der Waals surface area contributed by atoms with Crippen molar-refractivity contribution in [2.75, 3.05) is 0 Å². The number of hydrogen-bond acceptors (Lipinski definition) is 4. The van der Waals surface area contributed by atoms with Gasteiger partial charge < -0.3 is 10.4 Å². The van der Waals surface area contributed by atoms with Crippen LogP contribution in [0.25, 0.3) is 0 Å². The molecule has 0 spiro atoms. The zero-order valence-corrected chi connectivity index (χ0v) is 17.9. The monoisotopic (exact) mass is 442 g/mol. The molecule has 2 aliphatic heterocycles. The van der Waals surface area contributed by atoms with Crippen molar-refractivity contribution < 1.29 is 23.1 Å². The van der Waals surface area contributed by atoms with E-state index in [2.05, 4.69) is 5.32 Å². The Hall–Kier alpha value is -2.71. The maximum Gasteiger partial charge on any atom is 0.326 e. The molecule has 0 radical (unpaired) electrons. The highest BCUT2D eigenvalue weighted by molar-refractivity contribution is 7.89. The van der Waals surface area contributed by atoms with Crippen LogP contribution in [0.2, 0.25) is 0 Å². The zero-order chi connectivity index (χ0) is 22.0. The lowest BCUT2D eigenvalue weighted by atomic mass is 9.76. The van der Waals surface area contributed by atoms with Crippen LogP contribution >= 0.6 is 0 Å². The third kappa shape index (κ3) is 4.36. The van der Waals surface area contributed by atoms with E-state index in [0.717, 1.165) is 18.4 Å². The van der Waals surface area contributed by atoms with Crippen LogP contribution in [-0.4, -0.2) is 47.8 Å². The molecule has 7 nitrogen and oxygen atoms in total. The van der Waals surface area contributed by atoms with Crippen LogP contribution < -0.4 is 5.32 Å². The lowest BCUT2D eigenvalue weighted by molar-refractivity contribution is -0.143. The van der Waals surface area contributed by atoms with E-state index in [1.165, 1.54) is 16.4 Å².